The molecule has 0 saturated carbocycles. The second-order valence-electron chi connectivity index (χ2n) is 3.19. The zero-order chi connectivity index (χ0) is 9.84. The van der Waals surface area contributed by atoms with Crippen LogP contribution < -0.4 is 10.2 Å². The summed E-state index contributed by atoms with van der Waals surface area (Å²) in [6.07, 6.45) is 2.52. The Morgan fingerprint density at radius 1 is 1.14 bits per heavy atom. The normalized spacial score (nSPS) is 9.57. The van der Waals surface area contributed by atoms with E-state index in [2.05, 4.69) is 6.92 Å². The number of rotatable bonds is 3. The molecule has 0 heterocycles. The molecule has 1 aromatic rings. The largest absolute Gasteiger partial charge is 2.00 e. The molecule has 0 radical (unpaired) electrons. The van der Waals surface area contributed by atoms with Crippen molar-refractivity contribution in [2.75, 3.05) is 0 Å². The topological polar surface area (TPSA) is 46.1 Å². The van der Waals surface area contributed by atoms with Gasteiger partial charge in [-0.05, 0) is 18.4 Å². The van der Waals surface area contributed by atoms with Gasteiger partial charge in [0.05, 0.1) is 0 Å². The summed E-state index contributed by atoms with van der Waals surface area (Å²) in [4.78, 5) is 0. The minimum Gasteiger partial charge on any atom is -0.873 e. The van der Waals surface area contributed by atoms with Crippen LogP contribution in [0.2, 0.25) is 0 Å². The van der Waals surface area contributed by atoms with Gasteiger partial charge in [0.25, 0.3) is 0 Å². The molecule has 0 atom stereocenters. The van der Waals surface area contributed by atoms with Crippen LogP contribution in [0.5, 0.6) is 11.5 Å². The van der Waals surface area contributed by atoms with E-state index < -0.39 is 0 Å². The van der Waals surface area contributed by atoms with Crippen molar-refractivity contribution >= 4 is 0 Å². The molecule has 0 aliphatic rings. The first-order chi connectivity index (χ1) is 6.19. The van der Waals surface area contributed by atoms with Crippen molar-refractivity contribution in [1.29, 1.82) is 0 Å². The molecule has 0 unspecified atom stereocenters. The average Bonchev–Trinajstić information content (AvgIpc) is 2.11. The molecule has 80 valence electrons. The molecular formula is C11H14NiO2. The predicted molar refractivity (Wildman–Crippen MR) is 48.7 cm³/mol. The first-order valence-electron chi connectivity index (χ1n) is 4.68. The van der Waals surface area contributed by atoms with Crippen molar-refractivity contribution in [2.24, 2.45) is 0 Å². The van der Waals surface area contributed by atoms with E-state index in [0.717, 1.165) is 18.4 Å². The van der Waals surface area contributed by atoms with Gasteiger partial charge >= 0.3 is 16.5 Å². The van der Waals surface area contributed by atoms with E-state index in [0.29, 0.717) is 12.0 Å². The van der Waals surface area contributed by atoms with Crippen LogP contribution in [0.3, 0.4) is 0 Å². The second kappa shape index (κ2) is 5.92. The maximum atomic E-state index is 11.2. The summed E-state index contributed by atoms with van der Waals surface area (Å²) in [6.45, 7) is 3.95. The Hall–Kier alpha value is -0.686. The number of aryl methyl sites for hydroxylation is 2. The van der Waals surface area contributed by atoms with E-state index in [1.165, 1.54) is 6.07 Å². The van der Waals surface area contributed by atoms with E-state index in [1.54, 1.807) is 0 Å². The third-order valence-electron chi connectivity index (χ3n) is 2.11. The fourth-order valence-corrected chi connectivity index (χ4v) is 1.42. The van der Waals surface area contributed by atoms with Crippen molar-refractivity contribution in [3.63, 3.8) is 0 Å². The average molecular weight is 237 g/mol. The molecule has 1 rings (SSSR count). The molecule has 0 saturated heterocycles. The maximum absolute atomic E-state index is 11.2. The Kier molecular flexibility index (Phi) is 5.63. The molecule has 0 bridgehead atoms. The first kappa shape index (κ1) is 13.3. The molecular weight excluding hydrogens is 223 g/mol. The number of hydrogen-bond donors (Lipinski definition) is 0. The van der Waals surface area contributed by atoms with Gasteiger partial charge in [0.2, 0.25) is 0 Å². The molecule has 0 fully saturated rings. The fourth-order valence-electron chi connectivity index (χ4n) is 1.42. The molecule has 2 nitrogen and oxygen atoms in total. The van der Waals surface area contributed by atoms with Gasteiger partial charge in [0, 0.05) is 0 Å². The Balaban J connectivity index is 0.00000169. The van der Waals surface area contributed by atoms with E-state index >= 15 is 0 Å². The molecule has 0 aromatic heterocycles. The van der Waals surface area contributed by atoms with E-state index in [9.17, 15) is 10.2 Å². The summed E-state index contributed by atoms with van der Waals surface area (Å²) in [5.41, 5.74) is 1.64. The molecule has 1 aromatic carbocycles. The summed E-state index contributed by atoms with van der Waals surface area (Å²) in [5, 5.41) is 22.4. The predicted octanol–water partition coefficient (Wildman–Crippen LogP) is 1.35. The molecule has 3 heteroatoms. The first-order valence-corrected chi connectivity index (χ1v) is 4.68. The van der Waals surface area contributed by atoms with Crippen LogP contribution in [0.15, 0.2) is 12.1 Å². The van der Waals surface area contributed by atoms with Crippen LogP contribution in [0.4, 0.5) is 0 Å². The van der Waals surface area contributed by atoms with Gasteiger partial charge < -0.3 is 10.2 Å². The van der Waals surface area contributed by atoms with E-state index in [-0.39, 0.29) is 28.0 Å². The Bertz CT molecular complexity index is 298. The Morgan fingerprint density at radius 2 is 1.79 bits per heavy atom. The van der Waals surface area contributed by atoms with E-state index in [1.807, 2.05) is 13.0 Å². The second-order valence-corrected chi connectivity index (χ2v) is 3.19. The van der Waals surface area contributed by atoms with Crippen molar-refractivity contribution < 1.29 is 26.7 Å². The molecule has 0 N–H and O–H groups in total. The Morgan fingerprint density at radius 3 is 2.29 bits per heavy atom. The van der Waals surface area contributed by atoms with Gasteiger partial charge in [-0.3, -0.25) is 0 Å². The summed E-state index contributed by atoms with van der Waals surface area (Å²) in [7, 11) is 0. The SMILES string of the molecule is CCCc1cc([O-])c([O-])c(CC)c1.[Ni+2]. The summed E-state index contributed by atoms with van der Waals surface area (Å²) in [5.74, 6) is -0.690. The number of hydrogen-bond acceptors (Lipinski definition) is 2. The van der Waals surface area contributed by atoms with Gasteiger partial charge in [-0.2, -0.15) is 0 Å². The van der Waals surface area contributed by atoms with Crippen molar-refractivity contribution in [2.45, 2.75) is 33.1 Å². The van der Waals surface area contributed by atoms with Crippen LogP contribution in [0.1, 0.15) is 31.4 Å². The van der Waals surface area contributed by atoms with Crippen LogP contribution in [-0.4, -0.2) is 0 Å². The van der Waals surface area contributed by atoms with Gasteiger partial charge in [-0.25, -0.2) is 0 Å². The van der Waals surface area contributed by atoms with Crippen molar-refractivity contribution in [3.8, 4) is 11.5 Å². The maximum Gasteiger partial charge on any atom is 2.00 e. The van der Waals surface area contributed by atoms with Crippen molar-refractivity contribution in [3.05, 3.63) is 23.3 Å². The van der Waals surface area contributed by atoms with Gasteiger partial charge in [0.15, 0.2) is 0 Å². The third-order valence-corrected chi connectivity index (χ3v) is 2.11. The molecule has 14 heavy (non-hydrogen) atoms. The summed E-state index contributed by atoms with van der Waals surface area (Å²) < 4.78 is 0. The fraction of sp³-hybridized carbons (Fsp3) is 0.455. The third kappa shape index (κ3) is 2.92. The summed E-state index contributed by atoms with van der Waals surface area (Å²) in [6, 6.07) is 3.32. The minimum absolute atomic E-state index is 0. The van der Waals surface area contributed by atoms with Crippen LogP contribution in [0, 0.1) is 0 Å². The zero-order valence-electron chi connectivity index (χ0n) is 8.41. The monoisotopic (exact) mass is 236 g/mol. The smallest absolute Gasteiger partial charge is 0.873 e. The standard InChI is InChI=1S/C11H16O2.Ni/c1-3-5-8-6-9(4-2)11(13)10(12)7-8;/h6-7,12-13H,3-5H2,1-2H3;/q;+2/p-2. The quantitative estimate of drug-likeness (QED) is 0.744. The number of benzene rings is 1. The van der Waals surface area contributed by atoms with Crippen LogP contribution in [-0.2, 0) is 29.3 Å². The zero-order valence-corrected chi connectivity index (χ0v) is 9.40. The molecule has 0 aliphatic heterocycles. The molecule has 0 spiro atoms. The van der Waals surface area contributed by atoms with Crippen LogP contribution >= 0.6 is 0 Å². The molecule has 0 aliphatic carbocycles. The molecule has 0 amide bonds. The van der Waals surface area contributed by atoms with E-state index in [4.69, 9.17) is 0 Å². The van der Waals surface area contributed by atoms with Crippen molar-refractivity contribution in [1.82, 2.24) is 0 Å². The van der Waals surface area contributed by atoms with Gasteiger partial charge in [-0.15, -0.1) is 11.5 Å². The van der Waals surface area contributed by atoms with Gasteiger partial charge in [0.1, 0.15) is 0 Å². The summed E-state index contributed by atoms with van der Waals surface area (Å²) >= 11 is 0. The van der Waals surface area contributed by atoms with Crippen LogP contribution in [0.25, 0.3) is 0 Å². The minimum atomic E-state index is -0.359. The van der Waals surface area contributed by atoms with Gasteiger partial charge in [-0.1, -0.05) is 38.0 Å². The Labute approximate surface area is 94.9 Å².